The number of benzene rings is 1. The van der Waals surface area contributed by atoms with Crippen molar-refractivity contribution in [3.63, 3.8) is 0 Å². The van der Waals surface area contributed by atoms with Crippen LogP contribution >= 0.6 is 0 Å². The fraction of sp³-hybridized carbons (Fsp3) is 0.600. The van der Waals surface area contributed by atoms with E-state index in [4.69, 9.17) is 37.6 Å². The maximum Gasteiger partial charge on any atom is 0.338 e. The molecule has 14 heteroatoms. The van der Waals surface area contributed by atoms with Crippen molar-refractivity contribution < 1.29 is 67.0 Å². The number of hydrogen-bond donors (Lipinski definition) is 2. The normalized spacial score (nSPS) is 47.4. The Morgan fingerprint density at radius 1 is 1.02 bits per heavy atom. The molecular weight excluding hydrogens is 704 g/mol. The predicted molar refractivity (Wildman–Crippen MR) is 180 cm³/mol. The molecule has 3 aliphatic heterocycles. The third kappa shape index (κ3) is 3.61. The molecule has 0 radical (unpaired) electrons. The van der Waals surface area contributed by atoms with Gasteiger partial charge in [-0.2, -0.15) is 0 Å². The predicted octanol–water partition coefficient (Wildman–Crippen LogP) is 3.69. The van der Waals surface area contributed by atoms with E-state index in [1.165, 1.54) is 32.6 Å². The summed E-state index contributed by atoms with van der Waals surface area (Å²) >= 11 is 0. The lowest BCUT2D eigenvalue weighted by atomic mass is 9.34. The van der Waals surface area contributed by atoms with Crippen molar-refractivity contribution in [1.82, 2.24) is 0 Å². The van der Waals surface area contributed by atoms with Crippen molar-refractivity contribution >= 4 is 23.9 Å². The summed E-state index contributed by atoms with van der Waals surface area (Å²) in [6.07, 6.45) is -1.62. The zero-order valence-corrected chi connectivity index (χ0v) is 31.1. The molecule has 7 aliphatic rings. The van der Waals surface area contributed by atoms with Crippen LogP contribution in [0, 0.1) is 28.1 Å². The zero-order valence-electron chi connectivity index (χ0n) is 31.1. The highest BCUT2D eigenvalue weighted by molar-refractivity contribution is 5.90. The summed E-state index contributed by atoms with van der Waals surface area (Å²) in [4.78, 5) is 54.5. The molecule has 14 nitrogen and oxygen atoms in total. The van der Waals surface area contributed by atoms with Crippen LogP contribution in [0.15, 0.2) is 65.0 Å². The van der Waals surface area contributed by atoms with E-state index >= 15 is 0 Å². The summed E-state index contributed by atoms with van der Waals surface area (Å²) in [6.45, 7) is 10.2. The highest BCUT2D eigenvalue weighted by Gasteiger charge is 3.03. The lowest BCUT2D eigenvalue weighted by molar-refractivity contribution is -0.456. The summed E-state index contributed by atoms with van der Waals surface area (Å²) in [6, 6.07) is 9.90. The van der Waals surface area contributed by atoms with E-state index in [2.05, 4.69) is 0 Å². The molecule has 13 atom stereocenters. The van der Waals surface area contributed by atoms with Gasteiger partial charge in [0.05, 0.1) is 30.6 Å². The number of aliphatic hydroxyl groups is 2. The van der Waals surface area contributed by atoms with Gasteiger partial charge in [-0.15, -0.1) is 0 Å². The number of esters is 4. The molecule has 54 heavy (non-hydrogen) atoms. The number of rotatable bonds is 7. The fourth-order valence-electron chi connectivity index (χ4n) is 12.5. The minimum Gasteiger partial charge on any atom is -0.472 e. The van der Waals surface area contributed by atoms with Gasteiger partial charge < -0.3 is 47.8 Å². The first-order chi connectivity index (χ1) is 25.4. The van der Waals surface area contributed by atoms with E-state index in [1.54, 1.807) is 71.0 Å². The number of fused-ring (bicyclic) bond motifs is 4. The second kappa shape index (κ2) is 10.6. The van der Waals surface area contributed by atoms with Gasteiger partial charge in [0.2, 0.25) is 0 Å². The summed E-state index contributed by atoms with van der Waals surface area (Å²) in [5.74, 6) is -6.11. The summed E-state index contributed by atoms with van der Waals surface area (Å²) in [5, 5.41) is 27.3. The average Bonchev–Trinajstić information content (AvgIpc) is 3.91. The smallest absolute Gasteiger partial charge is 0.338 e. The Morgan fingerprint density at radius 3 is 2.37 bits per heavy atom. The van der Waals surface area contributed by atoms with E-state index in [0.29, 0.717) is 5.56 Å². The van der Waals surface area contributed by atoms with Gasteiger partial charge in [0, 0.05) is 48.2 Å². The SMILES string of the molecule is COC(=O)C[C@H]1[C@@]2(C)C[C@]3(O)[C@@](O)([C@H]4O[C@@]5(C(C)C)O[C@@]6(C[C@H](OC(C)=O)[C@]7(C)C(=CC(=O)O[C@H]7c7ccoc7)[C@@]46O5)[C@]13C)[C@H]2OC(=O)c1ccccc1. The van der Waals surface area contributed by atoms with Gasteiger partial charge in [-0.25, -0.2) is 9.59 Å². The molecule has 4 aliphatic carbocycles. The van der Waals surface area contributed by atoms with E-state index in [-0.39, 0.29) is 30.4 Å². The van der Waals surface area contributed by atoms with Crippen molar-refractivity contribution in [3.05, 3.63) is 71.7 Å². The Kier molecular flexibility index (Phi) is 6.99. The number of carbonyl (C=O) groups is 4. The van der Waals surface area contributed by atoms with Crippen molar-refractivity contribution in [2.45, 2.75) is 114 Å². The largest absolute Gasteiger partial charge is 0.472 e. The van der Waals surface area contributed by atoms with Crippen molar-refractivity contribution in [2.24, 2.45) is 28.1 Å². The maximum absolute atomic E-state index is 14.0. The quantitative estimate of drug-likeness (QED) is 0.308. The molecule has 2 saturated heterocycles. The van der Waals surface area contributed by atoms with E-state index in [1.807, 2.05) is 0 Å². The molecule has 288 valence electrons. The molecule has 6 fully saturated rings. The number of methoxy groups -OCH3 is 1. The summed E-state index contributed by atoms with van der Waals surface area (Å²) in [5.41, 5.74) is -11.7. The third-order valence-electron chi connectivity index (χ3n) is 14.6. The molecule has 2 N–H and O–H groups in total. The van der Waals surface area contributed by atoms with Crippen LogP contribution in [0.25, 0.3) is 0 Å². The molecule has 1 aromatic heterocycles. The van der Waals surface area contributed by atoms with E-state index in [0.717, 1.165) is 0 Å². The topological polar surface area (TPSA) is 186 Å². The summed E-state index contributed by atoms with van der Waals surface area (Å²) in [7, 11) is 1.25. The van der Waals surface area contributed by atoms with Crippen molar-refractivity contribution in [3.8, 4) is 0 Å². The highest BCUT2D eigenvalue weighted by Crippen LogP contribution is 2.88. The first kappa shape index (κ1) is 35.6. The van der Waals surface area contributed by atoms with Gasteiger partial charge in [0.15, 0.2) is 11.2 Å². The fourth-order valence-corrected chi connectivity index (χ4v) is 12.5. The molecule has 2 aromatic rings. The van der Waals surface area contributed by atoms with Gasteiger partial charge >= 0.3 is 23.9 Å². The van der Waals surface area contributed by atoms with Crippen LogP contribution in [0.5, 0.6) is 0 Å². The van der Waals surface area contributed by atoms with Gasteiger partial charge in [-0.1, -0.05) is 45.9 Å². The minimum atomic E-state index is -2.43. The van der Waals surface area contributed by atoms with Crippen LogP contribution in [-0.2, 0) is 47.5 Å². The van der Waals surface area contributed by atoms with Crippen LogP contribution < -0.4 is 0 Å². The van der Waals surface area contributed by atoms with Crippen molar-refractivity contribution in [2.75, 3.05) is 7.11 Å². The highest BCUT2D eigenvalue weighted by atomic mass is 17.0. The monoisotopic (exact) mass is 748 g/mol. The second-order valence-electron chi connectivity index (χ2n) is 17.1. The third-order valence-corrected chi connectivity index (χ3v) is 14.6. The van der Waals surface area contributed by atoms with E-state index in [9.17, 15) is 29.4 Å². The van der Waals surface area contributed by atoms with E-state index < -0.39 is 105 Å². The summed E-state index contributed by atoms with van der Waals surface area (Å²) < 4.78 is 50.5. The Bertz CT molecular complexity index is 2010. The Labute approximate surface area is 311 Å². The zero-order chi connectivity index (χ0) is 38.6. The molecule has 0 amide bonds. The average molecular weight is 749 g/mol. The van der Waals surface area contributed by atoms with Gasteiger partial charge in [-0.05, 0) is 43.0 Å². The Balaban J connectivity index is 1.36. The number of ether oxygens (including phenoxy) is 7. The molecule has 4 bridgehead atoms. The first-order valence-corrected chi connectivity index (χ1v) is 18.3. The standard InChI is InChI=1S/C40H44O14/c1-20(2)40-52-32-38(46)31(51-30(44)22-11-9-8-10-12-22)33(4)19-36(38,45)35(6,24(33)15-27(42)47-7)37(53-40)17-26(49-21(3)41)34(5)25(39(32,37)54-40)16-28(43)50-29(34)23-13-14-48-18-23/h8-14,16,18,20,24,26,29,31-32,45-46H,15,17,19H2,1-7H3/t24-,26-,29-,31-,32+,33+,34-,35+,36+,37-,38-,39+,40-/m0/s1. The number of furan rings is 1. The van der Waals surface area contributed by atoms with Gasteiger partial charge in [-0.3, -0.25) is 9.59 Å². The molecule has 9 rings (SSSR count). The number of carbonyl (C=O) groups excluding carboxylic acids is 4. The van der Waals surface area contributed by atoms with Crippen LogP contribution in [-0.4, -0.2) is 87.9 Å². The molecule has 1 spiro atoms. The lowest BCUT2D eigenvalue weighted by Gasteiger charge is -2.76. The lowest BCUT2D eigenvalue weighted by Crippen LogP contribution is -2.93. The van der Waals surface area contributed by atoms with Crippen molar-refractivity contribution in [1.29, 1.82) is 0 Å². The molecule has 0 unspecified atom stereocenters. The first-order valence-electron chi connectivity index (χ1n) is 18.3. The molecule has 4 heterocycles. The Morgan fingerprint density at radius 2 is 1.74 bits per heavy atom. The molecular formula is C40H44O14. The second-order valence-corrected chi connectivity index (χ2v) is 17.1. The number of hydrogen-bond acceptors (Lipinski definition) is 14. The van der Waals surface area contributed by atoms with Crippen LogP contribution in [0.3, 0.4) is 0 Å². The molecule has 1 aromatic carbocycles. The van der Waals surface area contributed by atoms with Crippen LogP contribution in [0.2, 0.25) is 0 Å². The maximum atomic E-state index is 14.0. The van der Waals surface area contributed by atoms with Gasteiger partial charge in [0.25, 0.3) is 5.97 Å². The van der Waals surface area contributed by atoms with Crippen LogP contribution in [0.4, 0.5) is 0 Å². The van der Waals surface area contributed by atoms with Crippen LogP contribution in [0.1, 0.15) is 82.8 Å². The van der Waals surface area contributed by atoms with Gasteiger partial charge in [0.1, 0.15) is 35.6 Å². The Hall–Kier alpha value is -4.08. The number of cyclic esters (lactones) is 1. The minimum absolute atomic E-state index is 0.141. The molecule has 4 saturated carbocycles.